The average Bonchev–Trinajstić information content (AvgIpc) is 2.62. The summed E-state index contributed by atoms with van der Waals surface area (Å²) in [5, 5.41) is 7.62. The van der Waals surface area contributed by atoms with Crippen LogP contribution < -0.4 is 10.1 Å². The van der Waals surface area contributed by atoms with Crippen molar-refractivity contribution in [2.24, 2.45) is 7.05 Å². The van der Waals surface area contributed by atoms with Crippen molar-refractivity contribution in [3.63, 3.8) is 0 Å². The SMILES string of the molecule is COc1cc(F)ccc1NCc1c(C)nn(C)c1C. The van der Waals surface area contributed by atoms with Crippen molar-refractivity contribution in [1.29, 1.82) is 0 Å². The minimum Gasteiger partial charge on any atom is -0.494 e. The topological polar surface area (TPSA) is 39.1 Å². The lowest BCUT2D eigenvalue weighted by atomic mass is 10.2. The molecule has 0 amide bonds. The lowest BCUT2D eigenvalue weighted by Crippen LogP contribution is -2.04. The van der Waals surface area contributed by atoms with Crippen LogP contribution in [0.2, 0.25) is 0 Å². The zero-order valence-electron chi connectivity index (χ0n) is 11.6. The zero-order chi connectivity index (χ0) is 14.0. The number of hydrogen-bond donors (Lipinski definition) is 1. The second kappa shape index (κ2) is 5.30. The molecule has 1 N–H and O–H groups in total. The van der Waals surface area contributed by atoms with Gasteiger partial charge in [-0.05, 0) is 26.0 Å². The average molecular weight is 263 g/mol. The Labute approximate surface area is 112 Å². The van der Waals surface area contributed by atoms with Crippen LogP contribution in [0, 0.1) is 19.7 Å². The van der Waals surface area contributed by atoms with Gasteiger partial charge in [-0.2, -0.15) is 5.10 Å². The Hall–Kier alpha value is -2.04. The Morgan fingerprint density at radius 3 is 2.68 bits per heavy atom. The molecule has 0 fully saturated rings. The molecule has 4 nitrogen and oxygen atoms in total. The lowest BCUT2D eigenvalue weighted by Gasteiger charge is -2.11. The van der Waals surface area contributed by atoms with Crippen LogP contribution in [0.1, 0.15) is 17.0 Å². The minimum atomic E-state index is -0.309. The van der Waals surface area contributed by atoms with Crippen LogP contribution in [0.15, 0.2) is 18.2 Å². The molecule has 0 aliphatic heterocycles. The maximum atomic E-state index is 13.1. The van der Waals surface area contributed by atoms with E-state index >= 15 is 0 Å². The maximum Gasteiger partial charge on any atom is 0.144 e. The first-order chi connectivity index (χ1) is 9.02. The number of ether oxygens (including phenoxy) is 1. The summed E-state index contributed by atoms with van der Waals surface area (Å²) in [6, 6.07) is 4.45. The van der Waals surface area contributed by atoms with E-state index in [1.54, 1.807) is 6.07 Å². The van der Waals surface area contributed by atoms with Crippen LogP contribution in [0.25, 0.3) is 0 Å². The largest absolute Gasteiger partial charge is 0.494 e. The molecule has 0 unspecified atom stereocenters. The van der Waals surface area contributed by atoms with Gasteiger partial charge < -0.3 is 10.1 Å². The second-order valence-corrected chi connectivity index (χ2v) is 4.47. The van der Waals surface area contributed by atoms with E-state index in [4.69, 9.17) is 4.74 Å². The number of nitrogens with one attached hydrogen (secondary N) is 1. The zero-order valence-corrected chi connectivity index (χ0v) is 11.6. The van der Waals surface area contributed by atoms with Gasteiger partial charge in [0.15, 0.2) is 0 Å². The van der Waals surface area contributed by atoms with Crippen molar-refractivity contribution >= 4 is 5.69 Å². The molecule has 0 radical (unpaired) electrons. The molecule has 0 spiro atoms. The summed E-state index contributed by atoms with van der Waals surface area (Å²) in [7, 11) is 3.45. The van der Waals surface area contributed by atoms with E-state index in [9.17, 15) is 4.39 Å². The van der Waals surface area contributed by atoms with Crippen molar-refractivity contribution in [2.45, 2.75) is 20.4 Å². The van der Waals surface area contributed by atoms with Gasteiger partial charge >= 0.3 is 0 Å². The van der Waals surface area contributed by atoms with E-state index < -0.39 is 0 Å². The monoisotopic (exact) mass is 263 g/mol. The van der Waals surface area contributed by atoms with Gasteiger partial charge in [0.1, 0.15) is 11.6 Å². The molecule has 0 bridgehead atoms. The van der Waals surface area contributed by atoms with Crippen LogP contribution in [0.4, 0.5) is 10.1 Å². The first-order valence-electron chi connectivity index (χ1n) is 6.09. The third kappa shape index (κ3) is 2.70. The predicted octanol–water partition coefficient (Wildman–Crippen LogP) is 2.80. The molecule has 0 aliphatic carbocycles. The lowest BCUT2D eigenvalue weighted by molar-refractivity contribution is 0.413. The van der Waals surface area contributed by atoms with E-state index in [-0.39, 0.29) is 5.82 Å². The number of halogens is 1. The number of rotatable bonds is 4. The Morgan fingerprint density at radius 1 is 1.37 bits per heavy atom. The fourth-order valence-corrected chi connectivity index (χ4v) is 2.07. The van der Waals surface area contributed by atoms with Crippen molar-refractivity contribution in [1.82, 2.24) is 9.78 Å². The highest BCUT2D eigenvalue weighted by Crippen LogP contribution is 2.26. The summed E-state index contributed by atoms with van der Waals surface area (Å²) in [6.45, 7) is 4.64. The number of anilines is 1. The standard InChI is InChI=1S/C14H18FN3O/c1-9-12(10(2)18(3)17-9)8-16-13-6-5-11(15)7-14(13)19-4/h5-7,16H,8H2,1-4H3. The molecule has 102 valence electrons. The number of aryl methyl sites for hydroxylation is 2. The Kier molecular flexibility index (Phi) is 3.74. The normalized spacial score (nSPS) is 10.6. The van der Waals surface area contributed by atoms with Gasteiger partial charge in [-0.1, -0.05) is 0 Å². The van der Waals surface area contributed by atoms with Gasteiger partial charge in [0.05, 0.1) is 18.5 Å². The highest BCUT2D eigenvalue weighted by Gasteiger charge is 2.10. The van der Waals surface area contributed by atoms with Crippen molar-refractivity contribution in [2.75, 3.05) is 12.4 Å². The quantitative estimate of drug-likeness (QED) is 0.922. The Balaban J connectivity index is 2.19. The molecule has 0 saturated carbocycles. The number of methoxy groups -OCH3 is 1. The molecule has 1 aromatic heterocycles. The minimum absolute atomic E-state index is 0.309. The van der Waals surface area contributed by atoms with Crippen molar-refractivity contribution in [3.05, 3.63) is 41.0 Å². The molecule has 2 rings (SSSR count). The van der Waals surface area contributed by atoms with E-state index in [2.05, 4.69) is 10.4 Å². The summed E-state index contributed by atoms with van der Waals surface area (Å²) >= 11 is 0. The molecule has 1 aromatic carbocycles. The molecule has 19 heavy (non-hydrogen) atoms. The Morgan fingerprint density at radius 2 is 2.11 bits per heavy atom. The van der Waals surface area contributed by atoms with Crippen molar-refractivity contribution in [3.8, 4) is 5.75 Å². The summed E-state index contributed by atoms with van der Waals surface area (Å²) in [6.07, 6.45) is 0. The fourth-order valence-electron chi connectivity index (χ4n) is 2.07. The van der Waals surface area contributed by atoms with Gasteiger partial charge in [-0.15, -0.1) is 0 Å². The fraction of sp³-hybridized carbons (Fsp3) is 0.357. The molecule has 1 heterocycles. The van der Waals surface area contributed by atoms with Gasteiger partial charge in [0, 0.05) is 30.9 Å². The molecule has 0 atom stereocenters. The van der Waals surface area contributed by atoms with Crippen LogP contribution in [-0.2, 0) is 13.6 Å². The number of nitrogens with zero attached hydrogens (tertiary/aromatic N) is 2. The van der Waals surface area contributed by atoms with Crippen LogP contribution >= 0.6 is 0 Å². The smallest absolute Gasteiger partial charge is 0.144 e. The number of hydrogen-bond acceptors (Lipinski definition) is 3. The molecule has 5 heteroatoms. The van der Waals surface area contributed by atoms with E-state index in [0.29, 0.717) is 12.3 Å². The third-order valence-corrected chi connectivity index (χ3v) is 3.28. The summed E-state index contributed by atoms with van der Waals surface area (Å²) < 4.78 is 20.1. The molecule has 0 saturated heterocycles. The van der Waals surface area contributed by atoms with Gasteiger partial charge in [-0.3, -0.25) is 4.68 Å². The third-order valence-electron chi connectivity index (χ3n) is 3.28. The molecular weight excluding hydrogens is 245 g/mol. The molecular formula is C14H18FN3O. The van der Waals surface area contributed by atoms with E-state index in [1.165, 1.54) is 19.2 Å². The van der Waals surface area contributed by atoms with Crippen molar-refractivity contribution < 1.29 is 9.13 Å². The number of benzene rings is 1. The van der Waals surface area contributed by atoms with Crippen LogP contribution in [0.3, 0.4) is 0 Å². The summed E-state index contributed by atoms with van der Waals surface area (Å²) in [5.41, 5.74) is 4.03. The second-order valence-electron chi connectivity index (χ2n) is 4.47. The Bertz CT molecular complexity index is 593. The van der Waals surface area contributed by atoms with Crippen LogP contribution in [0.5, 0.6) is 5.75 Å². The van der Waals surface area contributed by atoms with Crippen LogP contribution in [-0.4, -0.2) is 16.9 Å². The highest BCUT2D eigenvalue weighted by molar-refractivity contribution is 5.56. The maximum absolute atomic E-state index is 13.1. The highest BCUT2D eigenvalue weighted by atomic mass is 19.1. The predicted molar refractivity (Wildman–Crippen MR) is 73.0 cm³/mol. The summed E-state index contributed by atoms with van der Waals surface area (Å²) in [4.78, 5) is 0. The van der Waals surface area contributed by atoms with Gasteiger partial charge in [0.25, 0.3) is 0 Å². The van der Waals surface area contributed by atoms with E-state index in [1.807, 2.05) is 25.6 Å². The van der Waals surface area contributed by atoms with Gasteiger partial charge in [-0.25, -0.2) is 4.39 Å². The first kappa shape index (κ1) is 13.4. The summed E-state index contributed by atoms with van der Waals surface area (Å²) in [5.74, 6) is 0.190. The van der Waals surface area contributed by atoms with Gasteiger partial charge in [0.2, 0.25) is 0 Å². The molecule has 0 aliphatic rings. The number of aromatic nitrogens is 2. The molecule has 2 aromatic rings. The van der Waals surface area contributed by atoms with E-state index in [0.717, 1.165) is 22.6 Å². The first-order valence-corrected chi connectivity index (χ1v) is 6.09.